The highest BCUT2D eigenvalue weighted by Gasteiger charge is 2.29. The predicted octanol–water partition coefficient (Wildman–Crippen LogP) is 6.29. The molecule has 2 unspecified atom stereocenters. The number of benzene rings is 2. The van der Waals surface area contributed by atoms with E-state index in [1.165, 1.54) is 41.2 Å². The summed E-state index contributed by atoms with van der Waals surface area (Å²) in [6.07, 6.45) is 10.2. The molecular formula is C36H34F2N8O4. The highest BCUT2D eigenvalue weighted by Crippen LogP contribution is 2.37. The van der Waals surface area contributed by atoms with Crippen molar-refractivity contribution in [1.29, 1.82) is 0 Å². The fourth-order valence-electron chi connectivity index (χ4n) is 6.69. The quantitative estimate of drug-likeness (QED) is 0.192. The second kappa shape index (κ2) is 13.9. The number of halogens is 2. The molecule has 1 N–H and O–H groups in total. The van der Waals surface area contributed by atoms with Gasteiger partial charge in [0.15, 0.2) is 11.3 Å². The fourth-order valence-corrected chi connectivity index (χ4v) is 6.69. The summed E-state index contributed by atoms with van der Waals surface area (Å²) in [5.74, 6) is -0.494. The maximum absolute atomic E-state index is 13.2. The molecule has 2 atom stereocenters. The van der Waals surface area contributed by atoms with Gasteiger partial charge < -0.3 is 19.6 Å². The van der Waals surface area contributed by atoms with Gasteiger partial charge in [-0.05, 0) is 80.1 Å². The zero-order chi connectivity index (χ0) is 34.8. The molecule has 12 nitrogen and oxygen atoms in total. The van der Waals surface area contributed by atoms with Gasteiger partial charge in [0.05, 0.1) is 31.1 Å². The predicted molar refractivity (Wildman–Crippen MR) is 180 cm³/mol. The molecule has 2 aliphatic heterocycles. The highest BCUT2D eigenvalue weighted by atomic mass is 19.1. The van der Waals surface area contributed by atoms with Crippen molar-refractivity contribution in [2.45, 2.75) is 44.7 Å². The lowest BCUT2D eigenvalue weighted by atomic mass is 10.0. The summed E-state index contributed by atoms with van der Waals surface area (Å²) >= 11 is 0. The normalized spacial score (nSPS) is 17.3. The van der Waals surface area contributed by atoms with Crippen LogP contribution in [0, 0.1) is 11.6 Å². The van der Waals surface area contributed by atoms with Crippen molar-refractivity contribution in [2.24, 2.45) is 0 Å². The number of ether oxygens (including phenoxy) is 1. The van der Waals surface area contributed by atoms with Gasteiger partial charge in [-0.3, -0.25) is 0 Å². The molecule has 0 amide bonds. The monoisotopic (exact) mass is 680 g/mol. The van der Waals surface area contributed by atoms with Crippen LogP contribution in [0.4, 0.5) is 20.4 Å². The molecule has 14 heteroatoms. The Labute approximate surface area is 285 Å². The Morgan fingerprint density at radius 1 is 0.740 bits per heavy atom. The Kier molecular flexibility index (Phi) is 9.07. The van der Waals surface area contributed by atoms with Crippen LogP contribution in [0.1, 0.15) is 76.5 Å². The van der Waals surface area contributed by atoms with Crippen LogP contribution in [0.3, 0.4) is 0 Å². The Balaban J connectivity index is 0.000000157. The Hall–Kier alpha value is -5.92. The number of carbonyl (C=O) groups excluding carboxylic acids is 1. The lowest BCUT2D eigenvalue weighted by Crippen LogP contribution is -2.24. The number of aromatic nitrogens is 6. The third-order valence-corrected chi connectivity index (χ3v) is 9.04. The second-order valence-electron chi connectivity index (χ2n) is 12.1. The van der Waals surface area contributed by atoms with Crippen LogP contribution in [0.5, 0.6) is 0 Å². The van der Waals surface area contributed by atoms with Gasteiger partial charge in [-0.15, -0.1) is 0 Å². The molecule has 256 valence electrons. The number of carbonyl (C=O) groups is 2. The number of anilines is 2. The Bertz CT molecular complexity index is 2150. The van der Waals surface area contributed by atoms with Crippen LogP contribution in [0.25, 0.3) is 11.3 Å². The van der Waals surface area contributed by atoms with E-state index in [0.29, 0.717) is 29.3 Å². The second-order valence-corrected chi connectivity index (χ2v) is 12.1. The van der Waals surface area contributed by atoms with E-state index in [1.54, 1.807) is 36.0 Å². The first-order chi connectivity index (χ1) is 24.3. The number of esters is 1. The molecule has 8 rings (SSSR count). The Morgan fingerprint density at radius 3 is 1.66 bits per heavy atom. The summed E-state index contributed by atoms with van der Waals surface area (Å²) in [6.45, 7) is 3.74. The molecule has 0 spiro atoms. The van der Waals surface area contributed by atoms with E-state index in [2.05, 4.69) is 30.0 Å². The average Bonchev–Trinajstić information content (AvgIpc) is 3.95. The lowest BCUT2D eigenvalue weighted by molar-refractivity contribution is 0.0527. The minimum absolute atomic E-state index is 0.0781. The summed E-state index contributed by atoms with van der Waals surface area (Å²) in [6, 6.07) is 17.1. The number of fused-ring (bicyclic) bond motifs is 2. The van der Waals surface area contributed by atoms with Gasteiger partial charge in [0.1, 0.15) is 34.4 Å². The minimum Gasteiger partial charge on any atom is -0.477 e. The van der Waals surface area contributed by atoms with Crippen molar-refractivity contribution in [3.05, 3.63) is 119 Å². The minimum atomic E-state index is -1.05. The maximum atomic E-state index is 13.2. The number of rotatable bonds is 7. The summed E-state index contributed by atoms with van der Waals surface area (Å²) in [5.41, 5.74) is 3.32. The molecule has 0 radical (unpaired) electrons. The van der Waals surface area contributed by atoms with Gasteiger partial charge in [-0.1, -0.05) is 24.3 Å². The van der Waals surface area contributed by atoms with E-state index in [-0.39, 0.29) is 29.3 Å². The molecule has 6 aromatic rings. The summed E-state index contributed by atoms with van der Waals surface area (Å²) < 4.78 is 34.5. The number of carboxylic acid groups (broad SMARTS) is 1. The largest absolute Gasteiger partial charge is 0.477 e. The number of carboxylic acids is 1. The standard InChI is InChI=1S/C19H19FN4O2.C17H15FN4O2/c1-2-26-19(25)15-12-21-24-11-9-17(22-18(15)24)23-10-3-4-16(23)13-5-7-14(20)8-6-13;18-12-5-3-11(4-6-12)14-2-1-8-21(14)15-7-9-22-16(20-15)13(10-19-22)17(23)24/h5-9,11-12,16H,2-4,10H2,1H3;3-7,9-10,14H,1-2,8H2,(H,23,24). The van der Waals surface area contributed by atoms with Gasteiger partial charge in [-0.2, -0.15) is 10.2 Å². The summed E-state index contributed by atoms with van der Waals surface area (Å²) in [4.78, 5) is 36.9. The van der Waals surface area contributed by atoms with E-state index in [1.807, 2.05) is 24.3 Å². The van der Waals surface area contributed by atoms with Gasteiger partial charge in [0.25, 0.3) is 0 Å². The van der Waals surface area contributed by atoms with Crippen molar-refractivity contribution in [1.82, 2.24) is 29.2 Å². The van der Waals surface area contributed by atoms with Crippen LogP contribution in [0.2, 0.25) is 0 Å². The smallest absolute Gasteiger partial charge is 0.343 e. The molecule has 2 saturated heterocycles. The van der Waals surface area contributed by atoms with Crippen LogP contribution in [-0.4, -0.2) is 65.9 Å². The van der Waals surface area contributed by atoms with E-state index < -0.39 is 11.9 Å². The first-order valence-corrected chi connectivity index (χ1v) is 16.4. The SMILES string of the molecule is CCOC(=O)c1cnn2ccc(N3CCCC3c3ccc(F)cc3)nc12.O=C(O)c1cnn2ccc(N3CCCC3c3ccc(F)cc3)nc12. The molecule has 4 aromatic heterocycles. The number of aromatic carboxylic acids is 1. The molecule has 6 heterocycles. The molecule has 0 bridgehead atoms. The molecule has 2 aromatic carbocycles. The van der Waals surface area contributed by atoms with E-state index >= 15 is 0 Å². The van der Waals surface area contributed by atoms with Crippen molar-refractivity contribution in [3.63, 3.8) is 0 Å². The first kappa shape index (κ1) is 32.6. The molecule has 2 aliphatic rings. The van der Waals surface area contributed by atoms with E-state index in [9.17, 15) is 23.5 Å². The van der Waals surface area contributed by atoms with Crippen LogP contribution >= 0.6 is 0 Å². The van der Waals surface area contributed by atoms with Gasteiger partial charge in [0.2, 0.25) is 0 Å². The third-order valence-electron chi connectivity index (χ3n) is 9.04. The fraction of sp³-hybridized carbons (Fsp3) is 0.278. The average molecular weight is 681 g/mol. The van der Waals surface area contributed by atoms with Crippen LogP contribution in [0.15, 0.2) is 85.5 Å². The number of nitrogens with zero attached hydrogens (tertiary/aromatic N) is 8. The van der Waals surface area contributed by atoms with Gasteiger partial charge in [0, 0.05) is 25.5 Å². The summed E-state index contributed by atoms with van der Waals surface area (Å²) in [7, 11) is 0. The van der Waals surface area contributed by atoms with Crippen LogP contribution < -0.4 is 9.80 Å². The van der Waals surface area contributed by atoms with Crippen molar-refractivity contribution in [2.75, 3.05) is 29.5 Å². The van der Waals surface area contributed by atoms with Crippen molar-refractivity contribution >= 4 is 34.9 Å². The zero-order valence-corrected chi connectivity index (χ0v) is 27.2. The highest BCUT2D eigenvalue weighted by molar-refractivity contribution is 5.96. The zero-order valence-electron chi connectivity index (χ0n) is 27.2. The van der Waals surface area contributed by atoms with Crippen LogP contribution in [-0.2, 0) is 4.74 Å². The molecule has 50 heavy (non-hydrogen) atoms. The van der Waals surface area contributed by atoms with Crippen molar-refractivity contribution < 1.29 is 28.2 Å². The molecular weight excluding hydrogens is 646 g/mol. The molecule has 0 saturated carbocycles. The van der Waals surface area contributed by atoms with E-state index in [0.717, 1.165) is 55.7 Å². The van der Waals surface area contributed by atoms with E-state index in [4.69, 9.17) is 4.74 Å². The number of hydrogen-bond donors (Lipinski definition) is 1. The summed E-state index contributed by atoms with van der Waals surface area (Å²) in [5, 5.41) is 17.4. The Morgan fingerprint density at radius 2 is 1.20 bits per heavy atom. The topological polar surface area (TPSA) is 130 Å². The third kappa shape index (κ3) is 6.43. The lowest BCUT2D eigenvalue weighted by Gasteiger charge is -2.26. The van der Waals surface area contributed by atoms with Gasteiger partial charge in [-0.25, -0.2) is 37.4 Å². The molecule has 2 fully saturated rings. The van der Waals surface area contributed by atoms with Gasteiger partial charge >= 0.3 is 11.9 Å². The first-order valence-electron chi connectivity index (χ1n) is 16.4. The maximum Gasteiger partial charge on any atom is 0.343 e. The van der Waals surface area contributed by atoms with Crippen molar-refractivity contribution in [3.8, 4) is 0 Å². The molecule has 0 aliphatic carbocycles. The number of hydrogen-bond acceptors (Lipinski definition) is 9.